The zero-order chi connectivity index (χ0) is 12.5. The summed E-state index contributed by atoms with van der Waals surface area (Å²) in [5.41, 5.74) is 0. The molecule has 0 radical (unpaired) electrons. The highest BCUT2D eigenvalue weighted by Gasteiger charge is 2.27. The van der Waals surface area contributed by atoms with E-state index >= 15 is 0 Å². The van der Waals surface area contributed by atoms with Crippen LogP contribution < -0.4 is 0 Å². The Labute approximate surface area is 102 Å². The second-order valence-corrected chi connectivity index (χ2v) is 6.63. The fourth-order valence-electron chi connectivity index (χ4n) is 2.19. The van der Waals surface area contributed by atoms with Crippen LogP contribution in [0.1, 0.15) is 6.42 Å². The van der Waals surface area contributed by atoms with Crippen LogP contribution in [0.4, 0.5) is 0 Å². The minimum absolute atomic E-state index is 0.159. The van der Waals surface area contributed by atoms with Crippen LogP contribution in [0.3, 0.4) is 0 Å². The SMILES string of the molecule is CN1CCC(CN(C)S(=O)(=O)c2cnc[nH]2)C1. The normalized spacial score (nSPS) is 22.4. The summed E-state index contributed by atoms with van der Waals surface area (Å²) >= 11 is 0. The number of aromatic nitrogens is 2. The van der Waals surface area contributed by atoms with Crippen LogP contribution >= 0.6 is 0 Å². The first-order valence-electron chi connectivity index (χ1n) is 5.63. The van der Waals surface area contributed by atoms with Crippen LogP contribution in [-0.2, 0) is 10.0 Å². The van der Waals surface area contributed by atoms with Crippen molar-refractivity contribution in [1.29, 1.82) is 0 Å². The minimum atomic E-state index is -3.40. The van der Waals surface area contributed by atoms with E-state index in [4.69, 9.17) is 0 Å². The van der Waals surface area contributed by atoms with Crippen LogP contribution in [0.25, 0.3) is 0 Å². The monoisotopic (exact) mass is 258 g/mol. The first-order valence-corrected chi connectivity index (χ1v) is 7.07. The lowest BCUT2D eigenvalue weighted by Gasteiger charge is -2.19. The molecule has 1 aromatic heterocycles. The Morgan fingerprint density at radius 2 is 2.41 bits per heavy atom. The molecule has 2 heterocycles. The van der Waals surface area contributed by atoms with E-state index < -0.39 is 10.0 Å². The number of nitrogens with zero attached hydrogens (tertiary/aromatic N) is 3. The number of aromatic amines is 1. The molecule has 0 bridgehead atoms. The number of sulfonamides is 1. The zero-order valence-corrected chi connectivity index (χ0v) is 10.9. The van der Waals surface area contributed by atoms with Crippen LogP contribution in [0.5, 0.6) is 0 Å². The summed E-state index contributed by atoms with van der Waals surface area (Å²) in [6.07, 6.45) is 3.77. The molecule has 0 aromatic carbocycles. The van der Waals surface area contributed by atoms with Gasteiger partial charge in [-0.1, -0.05) is 0 Å². The molecule has 0 saturated carbocycles. The van der Waals surface area contributed by atoms with E-state index in [1.807, 2.05) is 0 Å². The molecule has 1 fully saturated rings. The Kier molecular flexibility index (Phi) is 3.50. The molecule has 1 atom stereocenters. The lowest BCUT2D eigenvalue weighted by atomic mass is 10.1. The zero-order valence-electron chi connectivity index (χ0n) is 10.1. The van der Waals surface area contributed by atoms with Crippen LogP contribution in [0, 0.1) is 5.92 Å². The van der Waals surface area contributed by atoms with Gasteiger partial charge in [0.25, 0.3) is 10.0 Å². The standard InChI is InChI=1S/C10H18N4O2S/c1-13-4-3-9(6-13)7-14(2)17(15,16)10-5-11-8-12-10/h5,8-9H,3-4,6-7H2,1-2H3,(H,11,12). The average molecular weight is 258 g/mol. The molecule has 0 aliphatic carbocycles. The van der Waals surface area contributed by atoms with Gasteiger partial charge in [-0.25, -0.2) is 13.4 Å². The van der Waals surface area contributed by atoms with Gasteiger partial charge in [-0.05, 0) is 25.9 Å². The summed E-state index contributed by atoms with van der Waals surface area (Å²) in [6.45, 7) is 2.57. The van der Waals surface area contributed by atoms with E-state index in [-0.39, 0.29) is 5.03 Å². The molecule has 17 heavy (non-hydrogen) atoms. The Morgan fingerprint density at radius 3 is 2.94 bits per heavy atom. The number of likely N-dealkylation sites (tertiary alicyclic amines) is 1. The lowest BCUT2D eigenvalue weighted by Crippen LogP contribution is -2.33. The molecule has 1 N–H and O–H groups in total. The van der Waals surface area contributed by atoms with Crippen molar-refractivity contribution < 1.29 is 8.42 Å². The summed E-state index contributed by atoms with van der Waals surface area (Å²) in [4.78, 5) is 8.61. The van der Waals surface area contributed by atoms with Gasteiger partial charge in [-0.15, -0.1) is 0 Å². The Bertz CT molecular complexity index is 457. The van der Waals surface area contributed by atoms with Gasteiger partial charge in [0.1, 0.15) is 0 Å². The number of hydrogen-bond acceptors (Lipinski definition) is 4. The van der Waals surface area contributed by atoms with Gasteiger partial charge in [0.2, 0.25) is 0 Å². The number of imidazole rings is 1. The third-order valence-electron chi connectivity index (χ3n) is 3.17. The topological polar surface area (TPSA) is 69.3 Å². The highest BCUT2D eigenvalue weighted by atomic mass is 32.2. The van der Waals surface area contributed by atoms with Crippen molar-refractivity contribution in [3.8, 4) is 0 Å². The lowest BCUT2D eigenvalue weighted by molar-refractivity contribution is 0.356. The van der Waals surface area contributed by atoms with Crippen molar-refractivity contribution in [2.45, 2.75) is 11.4 Å². The fraction of sp³-hybridized carbons (Fsp3) is 0.700. The predicted octanol–water partition coefficient (Wildman–Crippen LogP) is -0.0181. The second kappa shape index (κ2) is 4.75. The smallest absolute Gasteiger partial charge is 0.259 e. The van der Waals surface area contributed by atoms with Crippen molar-refractivity contribution in [2.24, 2.45) is 5.92 Å². The highest BCUT2D eigenvalue weighted by Crippen LogP contribution is 2.18. The molecule has 6 nitrogen and oxygen atoms in total. The Morgan fingerprint density at radius 1 is 1.65 bits per heavy atom. The molecular formula is C10H18N4O2S. The largest absolute Gasteiger partial charge is 0.335 e. The third-order valence-corrected chi connectivity index (χ3v) is 4.91. The van der Waals surface area contributed by atoms with Crippen molar-refractivity contribution in [2.75, 3.05) is 33.7 Å². The molecule has 1 aliphatic heterocycles. The van der Waals surface area contributed by atoms with Crippen molar-refractivity contribution in [1.82, 2.24) is 19.2 Å². The van der Waals surface area contributed by atoms with E-state index in [0.717, 1.165) is 19.5 Å². The molecule has 96 valence electrons. The third kappa shape index (κ3) is 2.67. The predicted molar refractivity (Wildman–Crippen MR) is 64.0 cm³/mol. The van der Waals surface area contributed by atoms with Gasteiger partial charge in [-0.3, -0.25) is 0 Å². The molecule has 2 rings (SSSR count). The summed E-state index contributed by atoms with van der Waals surface area (Å²) in [5, 5.41) is 0.159. The van der Waals surface area contributed by atoms with Crippen LogP contribution in [-0.4, -0.2) is 61.3 Å². The maximum absolute atomic E-state index is 12.1. The number of nitrogens with one attached hydrogen (secondary N) is 1. The Hall–Kier alpha value is -0.920. The quantitative estimate of drug-likeness (QED) is 0.824. The van der Waals surface area contributed by atoms with Crippen molar-refractivity contribution in [3.05, 3.63) is 12.5 Å². The average Bonchev–Trinajstić information content (AvgIpc) is 2.89. The van der Waals surface area contributed by atoms with Crippen molar-refractivity contribution >= 4 is 10.0 Å². The van der Waals surface area contributed by atoms with Gasteiger partial charge in [0.15, 0.2) is 5.03 Å². The van der Waals surface area contributed by atoms with Crippen molar-refractivity contribution in [3.63, 3.8) is 0 Å². The molecule has 0 spiro atoms. The van der Waals surface area contributed by atoms with E-state index in [0.29, 0.717) is 12.5 Å². The first kappa shape index (κ1) is 12.5. The van der Waals surface area contributed by atoms with E-state index in [1.165, 1.54) is 16.8 Å². The molecule has 7 heteroatoms. The Balaban J connectivity index is 2.03. The van der Waals surface area contributed by atoms with E-state index in [1.54, 1.807) is 7.05 Å². The van der Waals surface area contributed by atoms with Gasteiger partial charge in [0, 0.05) is 20.1 Å². The molecule has 1 aliphatic rings. The number of hydrogen-bond donors (Lipinski definition) is 1. The van der Waals surface area contributed by atoms with E-state index in [2.05, 4.69) is 21.9 Å². The van der Waals surface area contributed by atoms with E-state index in [9.17, 15) is 8.42 Å². The molecule has 0 amide bonds. The first-order chi connectivity index (χ1) is 8.00. The molecule has 1 aromatic rings. The van der Waals surface area contributed by atoms with Gasteiger partial charge >= 0.3 is 0 Å². The molecule has 1 unspecified atom stereocenters. The van der Waals surface area contributed by atoms with Crippen LogP contribution in [0.2, 0.25) is 0 Å². The van der Waals surface area contributed by atoms with Gasteiger partial charge in [-0.2, -0.15) is 4.31 Å². The highest BCUT2D eigenvalue weighted by molar-refractivity contribution is 7.89. The summed E-state index contributed by atoms with van der Waals surface area (Å²) in [6, 6.07) is 0. The maximum Gasteiger partial charge on any atom is 0.259 e. The van der Waals surface area contributed by atoms with Crippen LogP contribution in [0.15, 0.2) is 17.6 Å². The fourth-order valence-corrected chi connectivity index (χ4v) is 3.33. The molecular weight excluding hydrogens is 240 g/mol. The number of H-pyrrole nitrogens is 1. The van der Waals surface area contributed by atoms with Gasteiger partial charge in [0.05, 0.1) is 12.5 Å². The second-order valence-electron chi connectivity index (χ2n) is 4.62. The minimum Gasteiger partial charge on any atom is -0.335 e. The summed E-state index contributed by atoms with van der Waals surface area (Å²) < 4.78 is 25.6. The summed E-state index contributed by atoms with van der Waals surface area (Å²) in [7, 11) is 0.275. The maximum atomic E-state index is 12.1. The number of rotatable bonds is 4. The summed E-state index contributed by atoms with van der Waals surface area (Å²) in [5.74, 6) is 0.419. The molecule has 1 saturated heterocycles. The van der Waals surface area contributed by atoms with Gasteiger partial charge < -0.3 is 9.88 Å².